The van der Waals surface area contributed by atoms with Crippen molar-refractivity contribution in [3.63, 3.8) is 0 Å². The van der Waals surface area contributed by atoms with Gasteiger partial charge in [0, 0.05) is 28.1 Å². The molecule has 4 rings (SSSR count). The second-order valence-electron chi connectivity index (χ2n) is 7.35. The van der Waals surface area contributed by atoms with Crippen LogP contribution in [0.3, 0.4) is 0 Å². The largest absolute Gasteiger partial charge is 0.488 e. The maximum absolute atomic E-state index is 15.4. The van der Waals surface area contributed by atoms with Gasteiger partial charge in [0.15, 0.2) is 11.6 Å². The Morgan fingerprint density at radius 1 is 1.14 bits per heavy atom. The zero-order valence-corrected chi connectivity index (χ0v) is 17.0. The van der Waals surface area contributed by atoms with Crippen LogP contribution in [0, 0.1) is 12.7 Å². The van der Waals surface area contributed by atoms with E-state index in [-0.39, 0.29) is 18.5 Å². The molecule has 5 heteroatoms. The van der Waals surface area contributed by atoms with Gasteiger partial charge in [0.1, 0.15) is 18.5 Å². The molecule has 0 aliphatic carbocycles. The number of hydrogen-bond acceptors (Lipinski definition) is 3. The highest BCUT2D eigenvalue weighted by Crippen LogP contribution is 2.47. The molecule has 1 N–H and O–H groups in total. The average molecular weight is 413 g/mol. The Morgan fingerprint density at radius 2 is 1.90 bits per heavy atom. The normalized spacial score (nSPS) is 16.2. The van der Waals surface area contributed by atoms with Crippen LogP contribution < -0.4 is 9.47 Å². The van der Waals surface area contributed by atoms with E-state index in [0.717, 1.165) is 16.7 Å². The lowest BCUT2D eigenvalue weighted by molar-refractivity contribution is 0.120. The minimum absolute atomic E-state index is 0.0131. The van der Waals surface area contributed by atoms with Gasteiger partial charge < -0.3 is 14.6 Å². The van der Waals surface area contributed by atoms with Crippen molar-refractivity contribution < 1.29 is 19.0 Å². The Kier molecular flexibility index (Phi) is 5.48. The fraction of sp³-hybridized carbons (Fsp3) is 0.250. The van der Waals surface area contributed by atoms with Gasteiger partial charge in [-0.25, -0.2) is 4.39 Å². The van der Waals surface area contributed by atoms with Crippen molar-refractivity contribution in [2.45, 2.75) is 32.5 Å². The van der Waals surface area contributed by atoms with Crippen molar-refractivity contribution in [2.75, 3.05) is 6.61 Å². The first-order valence-corrected chi connectivity index (χ1v) is 9.96. The van der Waals surface area contributed by atoms with Crippen LogP contribution in [0.1, 0.15) is 29.7 Å². The Balaban J connectivity index is 1.78. The molecule has 0 spiro atoms. The van der Waals surface area contributed by atoms with Crippen LogP contribution in [-0.2, 0) is 6.42 Å². The maximum atomic E-state index is 15.4. The first-order chi connectivity index (χ1) is 14.0. The molecule has 0 radical (unpaired) electrons. The van der Waals surface area contributed by atoms with Crippen LogP contribution in [0.4, 0.5) is 4.39 Å². The summed E-state index contributed by atoms with van der Waals surface area (Å²) in [6.45, 7) is 3.45. The molecule has 0 aromatic heterocycles. The number of benzene rings is 3. The average Bonchev–Trinajstić information content (AvgIpc) is 3.14. The van der Waals surface area contributed by atoms with E-state index in [0.29, 0.717) is 28.3 Å². The van der Waals surface area contributed by atoms with Gasteiger partial charge in [0.2, 0.25) is 0 Å². The van der Waals surface area contributed by atoms with E-state index in [1.54, 1.807) is 25.1 Å². The highest BCUT2D eigenvalue weighted by molar-refractivity contribution is 6.33. The third-order valence-corrected chi connectivity index (χ3v) is 5.41. The predicted octanol–water partition coefficient (Wildman–Crippen LogP) is 5.89. The van der Waals surface area contributed by atoms with Crippen LogP contribution >= 0.6 is 11.6 Å². The second-order valence-corrected chi connectivity index (χ2v) is 7.76. The molecule has 2 unspecified atom stereocenters. The van der Waals surface area contributed by atoms with Crippen LogP contribution in [0.5, 0.6) is 11.5 Å². The zero-order valence-electron chi connectivity index (χ0n) is 16.3. The van der Waals surface area contributed by atoms with Crippen LogP contribution in [0.2, 0.25) is 5.02 Å². The molecule has 0 bridgehead atoms. The number of aliphatic hydroxyl groups excluding tert-OH is 1. The van der Waals surface area contributed by atoms with Crippen molar-refractivity contribution >= 4 is 11.6 Å². The number of aliphatic hydroxyl groups is 1. The molecule has 3 nitrogen and oxygen atoms in total. The van der Waals surface area contributed by atoms with Gasteiger partial charge in [0.25, 0.3) is 0 Å². The number of aryl methyl sites for hydroxylation is 1. The topological polar surface area (TPSA) is 38.7 Å². The lowest BCUT2D eigenvalue weighted by atomic mass is 9.92. The first-order valence-electron chi connectivity index (χ1n) is 9.59. The van der Waals surface area contributed by atoms with E-state index in [2.05, 4.69) is 0 Å². The molecule has 3 aromatic rings. The summed E-state index contributed by atoms with van der Waals surface area (Å²) in [5.74, 6) is 0.329. The van der Waals surface area contributed by atoms with Crippen LogP contribution in [0.25, 0.3) is 11.1 Å². The van der Waals surface area contributed by atoms with Gasteiger partial charge in [0.05, 0.1) is 6.10 Å². The summed E-state index contributed by atoms with van der Waals surface area (Å²) >= 11 is 6.56. The third kappa shape index (κ3) is 3.83. The lowest BCUT2D eigenvalue weighted by Crippen LogP contribution is -2.13. The Hall–Kier alpha value is -2.56. The molecule has 0 fully saturated rings. The number of fused-ring (bicyclic) bond motifs is 1. The summed E-state index contributed by atoms with van der Waals surface area (Å²) in [4.78, 5) is 0. The minimum Gasteiger partial charge on any atom is -0.488 e. The highest BCUT2D eigenvalue weighted by atomic mass is 35.5. The summed E-state index contributed by atoms with van der Waals surface area (Å²) in [5.41, 5.74) is 3.76. The van der Waals surface area contributed by atoms with E-state index in [1.807, 2.05) is 43.3 Å². The summed E-state index contributed by atoms with van der Waals surface area (Å²) in [6, 6.07) is 16.9. The van der Waals surface area contributed by atoms with E-state index >= 15 is 4.39 Å². The second kappa shape index (κ2) is 8.05. The molecule has 0 amide bonds. The van der Waals surface area contributed by atoms with Gasteiger partial charge in [-0.15, -0.1) is 0 Å². The summed E-state index contributed by atoms with van der Waals surface area (Å²) in [7, 11) is 0. The summed E-state index contributed by atoms with van der Waals surface area (Å²) in [5, 5.41) is 9.94. The molecule has 0 saturated carbocycles. The van der Waals surface area contributed by atoms with Crippen LogP contribution in [0.15, 0.2) is 54.6 Å². The molecule has 0 saturated heterocycles. The quantitative estimate of drug-likeness (QED) is 0.567. The Labute approximate surface area is 174 Å². The molecular weight excluding hydrogens is 391 g/mol. The molecule has 29 heavy (non-hydrogen) atoms. The van der Waals surface area contributed by atoms with E-state index in [9.17, 15) is 5.11 Å². The first kappa shape index (κ1) is 19.7. The molecule has 1 heterocycles. The van der Waals surface area contributed by atoms with Crippen molar-refractivity contribution in [1.29, 1.82) is 0 Å². The maximum Gasteiger partial charge on any atom is 0.173 e. The van der Waals surface area contributed by atoms with E-state index in [1.165, 1.54) is 0 Å². The number of hydrogen-bond donors (Lipinski definition) is 1. The fourth-order valence-corrected chi connectivity index (χ4v) is 3.97. The molecule has 1 aliphatic heterocycles. The Morgan fingerprint density at radius 3 is 2.62 bits per heavy atom. The number of rotatable bonds is 5. The molecule has 3 aromatic carbocycles. The van der Waals surface area contributed by atoms with Crippen molar-refractivity contribution in [3.05, 3.63) is 82.1 Å². The smallest absolute Gasteiger partial charge is 0.173 e. The summed E-state index contributed by atoms with van der Waals surface area (Å²) < 4.78 is 27.1. The zero-order chi connectivity index (χ0) is 20.5. The number of ether oxygens (including phenoxy) is 2. The monoisotopic (exact) mass is 412 g/mol. The van der Waals surface area contributed by atoms with Gasteiger partial charge >= 0.3 is 0 Å². The third-order valence-electron chi connectivity index (χ3n) is 5.09. The molecule has 150 valence electrons. The van der Waals surface area contributed by atoms with Gasteiger partial charge in [-0.1, -0.05) is 48.0 Å². The van der Waals surface area contributed by atoms with Crippen molar-refractivity contribution in [3.8, 4) is 22.6 Å². The lowest BCUT2D eigenvalue weighted by Gasteiger charge is -2.16. The summed E-state index contributed by atoms with van der Waals surface area (Å²) in [6.07, 6.45) is -0.224. The van der Waals surface area contributed by atoms with Crippen LogP contribution in [-0.4, -0.2) is 17.8 Å². The van der Waals surface area contributed by atoms with Gasteiger partial charge in [-0.3, -0.25) is 0 Å². The molecule has 2 atom stereocenters. The van der Waals surface area contributed by atoms with Gasteiger partial charge in [-0.2, -0.15) is 0 Å². The van der Waals surface area contributed by atoms with Gasteiger partial charge in [-0.05, 0) is 43.2 Å². The van der Waals surface area contributed by atoms with E-state index in [4.69, 9.17) is 21.1 Å². The van der Waals surface area contributed by atoms with Crippen molar-refractivity contribution in [1.82, 2.24) is 0 Å². The predicted molar refractivity (Wildman–Crippen MR) is 112 cm³/mol. The molecular formula is C24H22ClFO3. The van der Waals surface area contributed by atoms with Crippen molar-refractivity contribution in [2.24, 2.45) is 0 Å². The molecule has 1 aliphatic rings. The minimum atomic E-state index is -0.691. The highest BCUT2D eigenvalue weighted by Gasteiger charge is 2.30. The SMILES string of the molecule is Cc1ccc(OCC(C)O)c(F)c1-c1c(Cl)ccc2c1CC(c1ccccc1)O2. The fourth-order valence-electron chi connectivity index (χ4n) is 3.70. The Bertz CT molecular complexity index is 1030. The number of halogens is 2. The van der Waals surface area contributed by atoms with E-state index < -0.39 is 11.9 Å². The standard InChI is InChI=1S/C24H22ClFO3/c1-14-8-10-20(28-13-15(2)27)24(26)22(14)23-17-12-21(16-6-4-3-5-7-16)29-19(17)11-9-18(23)25/h3-11,15,21,27H,12-13H2,1-2H3.